The molecule has 1 amide bonds. The first kappa shape index (κ1) is 18.6. The lowest BCUT2D eigenvalue weighted by molar-refractivity contribution is -0.144. The van der Waals surface area contributed by atoms with Crippen molar-refractivity contribution in [1.82, 2.24) is 15.1 Å². The summed E-state index contributed by atoms with van der Waals surface area (Å²) in [7, 11) is 0. The smallest absolute Gasteiger partial charge is 0.333 e. The summed E-state index contributed by atoms with van der Waals surface area (Å²) in [6.07, 6.45) is 1.43. The van der Waals surface area contributed by atoms with Crippen LogP contribution in [-0.2, 0) is 16.9 Å². The van der Waals surface area contributed by atoms with Gasteiger partial charge in [0.1, 0.15) is 5.82 Å². The second-order valence-electron chi connectivity index (χ2n) is 6.61. The summed E-state index contributed by atoms with van der Waals surface area (Å²) in [5, 5.41) is 16.3. The quantitative estimate of drug-likeness (QED) is 0.841. The summed E-state index contributed by atoms with van der Waals surface area (Å²) in [5.41, 5.74) is -0.424. The van der Waals surface area contributed by atoms with Crippen LogP contribution in [0, 0.1) is 18.7 Å². The molecule has 0 aliphatic heterocycles. The molecular weight excluding hydrogens is 325 g/mol. The zero-order chi connectivity index (χ0) is 18.8. The van der Waals surface area contributed by atoms with Gasteiger partial charge in [-0.1, -0.05) is 26.0 Å². The van der Waals surface area contributed by atoms with E-state index < -0.39 is 23.2 Å². The van der Waals surface area contributed by atoms with Gasteiger partial charge in [0.25, 0.3) is 5.91 Å². The number of hydrogen-bond donors (Lipinski definition) is 2. The van der Waals surface area contributed by atoms with Crippen LogP contribution < -0.4 is 5.32 Å². The number of nitrogens with one attached hydrogen (secondary N) is 1. The van der Waals surface area contributed by atoms with Crippen LogP contribution in [0.2, 0.25) is 0 Å². The van der Waals surface area contributed by atoms with Crippen LogP contribution in [0.25, 0.3) is 0 Å². The van der Waals surface area contributed by atoms with Gasteiger partial charge in [0.05, 0.1) is 11.8 Å². The number of hydrogen-bond acceptors (Lipinski definition) is 3. The molecule has 2 N–H and O–H groups in total. The van der Waals surface area contributed by atoms with Gasteiger partial charge in [-0.25, -0.2) is 9.18 Å². The van der Waals surface area contributed by atoms with Gasteiger partial charge in [0, 0.05) is 12.2 Å². The van der Waals surface area contributed by atoms with Gasteiger partial charge in [-0.2, -0.15) is 5.10 Å². The van der Waals surface area contributed by atoms with Crippen molar-refractivity contribution in [1.29, 1.82) is 0 Å². The molecular formula is C18H22FN3O3. The molecule has 1 heterocycles. The molecule has 0 radical (unpaired) electrons. The Morgan fingerprint density at radius 2 is 1.92 bits per heavy atom. The number of carbonyl (C=O) groups is 2. The Morgan fingerprint density at radius 1 is 1.32 bits per heavy atom. The highest BCUT2D eigenvalue weighted by Gasteiger charge is 2.37. The lowest BCUT2D eigenvalue weighted by Crippen LogP contribution is -2.49. The van der Waals surface area contributed by atoms with E-state index in [-0.39, 0.29) is 5.56 Å². The molecule has 1 aromatic carbocycles. The molecule has 7 heteroatoms. The molecule has 1 aromatic heterocycles. The van der Waals surface area contributed by atoms with Crippen molar-refractivity contribution in [3.05, 3.63) is 53.1 Å². The third kappa shape index (κ3) is 3.87. The largest absolute Gasteiger partial charge is 0.479 e. The number of rotatable bonds is 6. The molecule has 0 bridgehead atoms. The van der Waals surface area contributed by atoms with Crippen LogP contribution in [0.4, 0.5) is 4.39 Å². The number of aliphatic carboxylic acids is 1. The molecule has 2 rings (SSSR count). The van der Waals surface area contributed by atoms with Gasteiger partial charge in [0.15, 0.2) is 5.54 Å². The second-order valence-corrected chi connectivity index (χ2v) is 6.61. The second kappa shape index (κ2) is 7.04. The lowest BCUT2D eigenvalue weighted by Gasteiger charge is -2.26. The highest BCUT2D eigenvalue weighted by molar-refractivity contribution is 5.98. The average molecular weight is 347 g/mol. The molecule has 0 fully saturated rings. The highest BCUT2D eigenvalue weighted by atomic mass is 19.1. The van der Waals surface area contributed by atoms with Crippen molar-refractivity contribution in [2.75, 3.05) is 0 Å². The molecule has 2 aromatic rings. The topological polar surface area (TPSA) is 84.2 Å². The molecule has 25 heavy (non-hydrogen) atoms. The number of amides is 1. The first-order chi connectivity index (χ1) is 11.6. The van der Waals surface area contributed by atoms with E-state index in [1.54, 1.807) is 11.6 Å². The van der Waals surface area contributed by atoms with E-state index in [0.29, 0.717) is 23.7 Å². The predicted octanol–water partition coefficient (Wildman–Crippen LogP) is 2.72. The Morgan fingerprint density at radius 3 is 2.44 bits per heavy atom. The third-order valence-corrected chi connectivity index (χ3v) is 4.10. The first-order valence-electron chi connectivity index (χ1n) is 7.99. The van der Waals surface area contributed by atoms with Crippen LogP contribution in [0.15, 0.2) is 30.5 Å². The maximum atomic E-state index is 13.1. The molecule has 6 nitrogen and oxygen atoms in total. The fourth-order valence-electron chi connectivity index (χ4n) is 2.53. The number of halogens is 1. The monoisotopic (exact) mass is 347 g/mol. The predicted molar refractivity (Wildman–Crippen MR) is 90.7 cm³/mol. The van der Waals surface area contributed by atoms with Crippen molar-refractivity contribution in [3.8, 4) is 0 Å². The minimum absolute atomic E-state index is 0.280. The normalized spacial score (nSPS) is 13.5. The van der Waals surface area contributed by atoms with Gasteiger partial charge in [-0.3, -0.25) is 9.48 Å². The van der Waals surface area contributed by atoms with Crippen molar-refractivity contribution in [3.63, 3.8) is 0 Å². The Hall–Kier alpha value is -2.70. The third-order valence-electron chi connectivity index (χ3n) is 4.10. The number of benzene rings is 1. The zero-order valence-corrected chi connectivity index (χ0v) is 14.7. The van der Waals surface area contributed by atoms with E-state index in [2.05, 4.69) is 10.4 Å². The number of carboxylic acids is 1. The summed E-state index contributed by atoms with van der Waals surface area (Å²) >= 11 is 0. The van der Waals surface area contributed by atoms with Crippen molar-refractivity contribution < 1.29 is 19.1 Å². The Kier molecular flexibility index (Phi) is 5.25. The fraction of sp³-hybridized carbons (Fsp3) is 0.389. The van der Waals surface area contributed by atoms with Crippen molar-refractivity contribution in [2.24, 2.45) is 5.92 Å². The number of carbonyl (C=O) groups excluding carboxylic acids is 1. The van der Waals surface area contributed by atoms with Crippen LogP contribution in [0.3, 0.4) is 0 Å². The molecule has 0 saturated carbocycles. The minimum atomic E-state index is -1.68. The summed E-state index contributed by atoms with van der Waals surface area (Å²) in [4.78, 5) is 24.4. The molecule has 1 atom stereocenters. The molecule has 0 saturated heterocycles. The van der Waals surface area contributed by atoms with Gasteiger partial charge in [-0.05, 0) is 37.5 Å². The van der Waals surface area contributed by atoms with Crippen LogP contribution in [0.1, 0.15) is 42.4 Å². The Balaban J connectivity index is 2.31. The minimum Gasteiger partial charge on any atom is -0.479 e. The standard InChI is InChI=1S/C18H22FN3O3/c1-11(2)10-22-12(3)15(9-20-22)16(23)21-18(4,17(24)25)13-5-7-14(19)8-6-13/h5-9,11H,10H2,1-4H3,(H,21,23)(H,24,25). The number of nitrogens with zero attached hydrogens (tertiary/aromatic N) is 2. The maximum absolute atomic E-state index is 13.1. The van der Waals surface area contributed by atoms with Gasteiger partial charge in [-0.15, -0.1) is 0 Å². The fourth-order valence-corrected chi connectivity index (χ4v) is 2.53. The number of carboxylic acid groups (broad SMARTS) is 1. The van der Waals surface area contributed by atoms with Gasteiger partial charge in [0.2, 0.25) is 0 Å². The van der Waals surface area contributed by atoms with E-state index in [0.717, 1.165) is 12.1 Å². The van der Waals surface area contributed by atoms with Crippen molar-refractivity contribution in [2.45, 2.75) is 39.8 Å². The Labute approximate surface area is 145 Å². The summed E-state index contributed by atoms with van der Waals surface area (Å²) in [5.74, 6) is -1.90. The molecule has 0 aliphatic rings. The van der Waals surface area contributed by atoms with E-state index in [1.807, 2.05) is 13.8 Å². The molecule has 1 unspecified atom stereocenters. The number of aromatic nitrogens is 2. The summed E-state index contributed by atoms with van der Waals surface area (Å²) in [6, 6.07) is 5.01. The average Bonchev–Trinajstić information content (AvgIpc) is 2.88. The van der Waals surface area contributed by atoms with E-state index in [4.69, 9.17) is 0 Å². The maximum Gasteiger partial charge on any atom is 0.333 e. The van der Waals surface area contributed by atoms with E-state index >= 15 is 0 Å². The first-order valence-corrected chi connectivity index (χ1v) is 7.99. The Bertz CT molecular complexity index is 783. The van der Waals surface area contributed by atoms with Crippen LogP contribution in [-0.4, -0.2) is 26.8 Å². The van der Waals surface area contributed by atoms with Gasteiger partial charge < -0.3 is 10.4 Å². The summed E-state index contributed by atoms with van der Waals surface area (Å²) in [6.45, 7) is 7.87. The highest BCUT2D eigenvalue weighted by Crippen LogP contribution is 2.23. The van der Waals surface area contributed by atoms with Crippen LogP contribution in [0.5, 0.6) is 0 Å². The SMILES string of the molecule is Cc1c(C(=O)NC(C)(C(=O)O)c2ccc(F)cc2)cnn1CC(C)C. The lowest BCUT2D eigenvalue weighted by atomic mass is 9.91. The molecule has 0 spiro atoms. The van der Waals surface area contributed by atoms with Crippen molar-refractivity contribution >= 4 is 11.9 Å². The van der Waals surface area contributed by atoms with E-state index in [9.17, 15) is 19.1 Å². The molecule has 134 valence electrons. The van der Waals surface area contributed by atoms with E-state index in [1.165, 1.54) is 25.3 Å². The van der Waals surface area contributed by atoms with Gasteiger partial charge >= 0.3 is 5.97 Å². The molecule has 0 aliphatic carbocycles. The zero-order valence-electron chi connectivity index (χ0n) is 14.7. The van der Waals surface area contributed by atoms with Crippen LogP contribution >= 0.6 is 0 Å². The summed E-state index contributed by atoms with van der Waals surface area (Å²) < 4.78 is 14.8.